The SMILES string of the molecule is CC[C@@H]1CN(C(=O)CNC(=O)OC)CCN1C[C@H](C)O. The van der Waals surface area contributed by atoms with Gasteiger partial charge in [-0.15, -0.1) is 0 Å². The second-order valence-electron chi connectivity index (χ2n) is 5.09. The Morgan fingerprint density at radius 2 is 2.15 bits per heavy atom. The number of amides is 2. The molecule has 1 heterocycles. The lowest BCUT2D eigenvalue weighted by Gasteiger charge is -2.41. The molecule has 0 saturated carbocycles. The van der Waals surface area contributed by atoms with E-state index in [1.54, 1.807) is 11.8 Å². The molecule has 0 aliphatic carbocycles. The van der Waals surface area contributed by atoms with Crippen LogP contribution >= 0.6 is 0 Å². The molecule has 7 nitrogen and oxygen atoms in total. The lowest BCUT2D eigenvalue weighted by Crippen LogP contribution is -2.57. The molecule has 0 aromatic heterocycles. The summed E-state index contributed by atoms with van der Waals surface area (Å²) in [6.45, 7) is 6.41. The molecule has 7 heteroatoms. The van der Waals surface area contributed by atoms with Crippen molar-refractivity contribution in [3.05, 3.63) is 0 Å². The second kappa shape index (κ2) is 8.06. The van der Waals surface area contributed by atoms with Gasteiger partial charge in [-0.25, -0.2) is 4.79 Å². The Balaban J connectivity index is 2.46. The summed E-state index contributed by atoms with van der Waals surface area (Å²) in [4.78, 5) is 26.9. The van der Waals surface area contributed by atoms with Crippen LogP contribution in [0.5, 0.6) is 0 Å². The number of methoxy groups -OCH3 is 1. The predicted molar refractivity (Wildman–Crippen MR) is 74.3 cm³/mol. The van der Waals surface area contributed by atoms with Crippen LogP contribution < -0.4 is 5.32 Å². The summed E-state index contributed by atoms with van der Waals surface area (Å²) in [5.74, 6) is -0.106. The zero-order chi connectivity index (χ0) is 15.1. The number of ether oxygens (including phenoxy) is 1. The van der Waals surface area contributed by atoms with Crippen LogP contribution in [0.25, 0.3) is 0 Å². The Hall–Kier alpha value is -1.34. The Kier molecular flexibility index (Phi) is 6.74. The largest absolute Gasteiger partial charge is 0.453 e. The van der Waals surface area contributed by atoms with Crippen molar-refractivity contribution < 1.29 is 19.4 Å². The van der Waals surface area contributed by atoms with Crippen molar-refractivity contribution in [3.8, 4) is 0 Å². The van der Waals surface area contributed by atoms with Crippen LogP contribution in [0.1, 0.15) is 20.3 Å². The van der Waals surface area contributed by atoms with E-state index in [-0.39, 0.29) is 24.6 Å². The molecule has 0 radical (unpaired) electrons. The Morgan fingerprint density at radius 3 is 2.70 bits per heavy atom. The highest BCUT2D eigenvalue weighted by molar-refractivity contribution is 5.82. The van der Waals surface area contributed by atoms with Crippen molar-refractivity contribution in [3.63, 3.8) is 0 Å². The van der Waals surface area contributed by atoms with E-state index in [1.807, 2.05) is 0 Å². The van der Waals surface area contributed by atoms with Crippen molar-refractivity contribution in [1.82, 2.24) is 15.1 Å². The number of piperazine rings is 1. The zero-order valence-corrected chi connectivity index (χ0v) is 12.5. The topological polar surface area (TPSA) is 82.1 Å². The Labute approximate surface area is 119 Å². The van der Waals surface area contributed by atoms with Gasteiger partial charge in [0.05, 0.1) is 13.2 Å². The fourth-order valence-electron chi connectivity index (χ4n) is 2.42. The molecule has 1 fully saturated rings. The summed E-state index contributed by atoms with van der Waals surface area (Å²) in [5.41, 5.74) is 0. The molecular formula is C13H25N3O4. The third-order valence-corrected chi connectivity index (χ3v) is 3.50. The second-order valence-corrected chi connectivity index (χ2v) is 5.09. The van der Waals surface area contributed by atoms with Gasteiger partial charge >= 0.3 is 6.09 Å². The van der Waals surface area contributed by atoms with Gasteiger partial charge < -0.3 is 20.1 Å². The van der Waals surface area contributed by atoms with Crippen LogP contribution in [0.2, 0.25) is 0 Å². The summed E-state index contributed by atoms with van der Waals surface area (Å²) < 4.78 is 4.43. The van der Waals surface area contributed by atoms with E-state index in [1.165, 1.54) is 7.11 Å². The van der Waals surface area contributed by atoms with Crippen LogP contribution in [0, 0.1) is 0 Å². The van der Waals surface area contributed by atoms with Gasteiger partial charge in [-0.3, -0.25) is 9.69 Å². The quantitative estimate of drug-likeness (QED) is 0.722. The highest BCUT2D eigenvalue weighted by atomic mass is 16.5. The van der Waals surface area contributed by atoms with E-state index in [9.17, 15) is 14.7 Å². The van der Waals surface area contributed by atoms with Crippen molar-refractivity contribution in [2.75, 3.05) is 39.8 Å². The van der Waals surface area contributed by atoms with Gasteiger partial charge in [0, 0.05) is 32.2 Å². The van der Waals surface area contributed by atoms with Crippen molar-refractivity contribution in [2.45, 2.75) is 32.4 Å². The average molecular weight is 287 g/mol. The molecular weight excluding hydrogens is 262 g/mol. The van der Waals surface area contributed by atoms with Gasteiger partial charge in [0.25, 0.3) is 0 Å². The van der Waals surface area contributed by atoms with Crippen molar-refractivity contribution in [2.24, 2.45) is 0 Å². The molecule has 20 heavy (non-hydrogen) atoms. The number of hydrogen-bond donors (Lipinski definition) is 2. The normalized spacial score (nSPS) is 21.4. The maximum atomic E-state index is 12.0. The van der Waals surface area contributed by atoms with Crippen LogP contribution in [-0.2, 0) is 9.53 Å². The first-order valence-electron chi connectivity index (χ1n) is 6.99. The monoisotopic (exact) mass is 287 g/mol. The van der Waals surface area contributed by atoms with Gasteiger partial charge in [0.1, 0.15) is 6.54 Å². The number of nitrogens with one attached hydrogen (secondary N) is 1. The summed E-state index contributed by atoms with van der Waals surface area (Å²) >= 11 is 0. The number of rotatable bonds is 5. The van der Waals surface area contributed by atoms with Gasteiger partial charge in [0.2, 0.25) is 5.91 Å². The lowest BCUT2D eigenvalue weighted by atomic mass is 10.1. The molecule has 0 spiro atoms. The summed E-state index contributed by atoms with van der Waals surface area (Å²) in [7, 11) is 1.27. The smallest absolute Gasteiger partial charge is 0.407 e. The van der Waals surface area contributed by atoms with E-state index in [0.717, 1.165) is 13.0 Å². The fourth-order valence-corrected chi connectivity index (χ4v) is 2.42. The lowest BCUT2D eigenvalue weighted by molar-refractivity contribution is -0.133. The highest BCUT2D eigenvalue weighted by Crippen LogP contribution is 2.13. The maximum absolute atomic E-state index is 12.0. The number of alkyl carbamates (subject to hydrolysis) is 1. The van der Waals surface area contributed by atoms with Gasteiger partial charge in [-0.1, -0.05) is 6.92 Å². The van der Waals surface area contributed by atoms with Crippen LogP contribution in [0.15, 0.2) is 0 Å². The summed E-state index contributed by atoms with van der Waals surface area (Å²) in [6, 6.07) is 0.250. The minimum Gasteiger partial charge on any atom is -0.453 e. The maximum Gasteiger partial charge on any atom is 0.407 e. The van der Waals surface area contributed by atoms with E-state index >= 15 is 0 Å². The average Bonchev–Trinajstić information content (AvgIpc) is 2.44. The molecule has 0 bridgehead atoms. The van der Waals surface area contributed by atoms with Gasteiger partial charge in [0.15, 0.2) is 0 Å². The Bertz CT molecular complexity index is 336. The van der Waals surface area contributed by atoms with E-state index < -0.39 is 6.09 Å². The molecule has 0 unspecified atom stereocenters. The number of β-amino-alcohol motifs (C(OH)–C–C–N with tert-alkyl or cyclic N) is 1. The molecule has 0 aromatic rings. The van der Waals surface area contributed by atoms with Crippen LogP contribution in [0.4, 0.5) is 4.79 Å². The standard InChI is InChI=1S/C13H25N3O4/c1-4-11-9-16(6-5-15(11)8-10(2)17)12(18)7-14-13(19)20-3/h10-11,17H,4-9H2,1-3H3,(H,14,19)/t10-,11+/m0/s1. The van der Waals surface area contributed by atoms with Crippen LogP contribution in [0.3, 0.4) is 0 Å². The molecule has 1 rings (SSSR count). The predicted octanol–water partition coefficient (Wildman–Crippen LogP) is -0.354. The molecule has 1 aliphatic heterocycles. The zero-order valence-electron chi connectivity index (χ0n) is 12.5. The first kappa shape index (κ1) is 16.7. The van der Waals surface area contributed by atoms with Gasteiger partial charge in [-0.05, 0) is 13.3 Å². The minimum absolute atomic E-state index is 0.0422. The molecule has 2 N–H and O–H groups in total. The number of aliphatic hydroxyl groups excluding tert-OH is 1. The molecule has 2 atom stereocenters. The third kappa shape index (κ3) is 4.97. The molecule has 2 amide bonds. The molecule has 1 saturated heterocycles. The molecule has 1 aliphatic rings. The molecule has 0 aromatic carbocycles. The third-order valence-electron chi connectivity index (χ3n) is 3.50. The van der Waals surface area contributed by atoms with E-state index in [2.05, 4.69) is 21.9 Å². The van der Waals surface area contributed by atoms with Gasteiger partial charge in [-0.2, -0.15) is 0 Å². The highest BCUT2D eigenvalue weighted by Gasteiger charge is 2.28. The fraction of sp³-hybridized carbons (Fsp3) is 0.846. The number of hydrogen-bond acceptors (Lipinski definition) is 5. The van der Waals surface area contributed by atoms with Crippen molar-refractivity contribution in [1.29, 1.82) is 0 Å². The number of carbonyl (C=O) groups is 2. The molecule has 116 valence electrons. The number of nitrogens with zero attached hydrogens (tertiary/aromatic N) is 2. The van der Waals surface area contributed by atoms with E-state index in [4.69, 9.17) is 0 Å². The van der Waals surface area contributed by atoms with Crippen molar-refractivity contribution >= 4 is 12.0 Å². The van der Waals surface area contributed by atoms with E-state index in [0.29, 0.717) is 19.6 Å². The summed E-state index contributed by atoms with van der Waals surface area (Å²) in [6.07, 6.45) is -0.0496. The summed E-state index contributed by atoms with van der Waals surface area (Å²) in [5, 5.41) is 11.9. The number of aliphatic hydroxyl groups is 1. The minimum atomic E-state index is -0.599. The first-order valence-corrected chi connectivity index (χ1v) is 6.99. The Morgan fingerprint density at radius 1 is 1.45 bits per heavy atom. The number of carbonyl (C=O) groups excluding carboxylic acids is 2. The van der Waals surface area contributed by atoms with Crippen LogP contribution in [-0.4, -0.2) is 78.9 Å². The first-order chi connectivity index (χ1) is 9.47.